The molecule has 0 aliphatic carbocycles. The van der Waals surface area contributed by atoms with Gasteiger partial charge >= 0.3 is 0 Å². The van der Waals surface area contributed by atoms with Crippen LogP contribution in [0.5, 0.6) is 0 Å². The predicted octanol–water partition coefficient (Wildman–Crippen LogP) is 2.18. The predicted molar refractivity (Wildman–Crippen MR) is 67.7 cm³/mol. The van der Waals surface area contributed by atoms with Gasteiger partial charge < -0.3 is 0 Å². The molecule has 0 N–H and O–H groups in total. The van der Waals surface area contributed by atoms with Crippen molar-refractivity contribution in [2.45, 2.75) is 26.3 Å². The van der Waals surface area contributed by atoms with Gasteiger partial charge in [-0.15, -0.1) is 0 Å². The van der Waals surface area contributed by atoms with Crippen molar-refractivity contribution in [3.8, 4) is 0 Å². The molecule has 5 heteroatoms. The van der Waals surface area contributed by atoms with E-state index >= 15 is 0 Å². The zero-order chi connectivity index (χ0) is 12.7. The van der Waals surface area contributed by atoms with Crippen molar-refractivity contribution in [1.82, 2.24) is 5.06 Å². The van der Waals surface area contributed by atoms with Crippen molar-refractivity contribution < 1.29 is 12.7 Å². The molecule has 0 heterocycles. The van der Waals surface area contributed by atoms with Crippen molar-refractivity contribution >= 4 is 10.1 Å². The summed E-state index contributed by atoms with van der Waals surface area (Å²) < 4.78 is 27.2. The van der Waals surface area contributed by atoms with Gasteiger partial charge in [-0.2, -0.15) is 17.8 Å². The van der Waals surface area contributed by atoms with Crippen LogP contribution < -0.4 is 0 Å². The van der Waals surface area contributed by atoms with Crippen molar-refractivity contribution in [2.75, 3.05) is 12.8 Å². The third kappa shape index (κ3) is 6.41. The molecule has 17 heavy (non-hydrogen) atoms. The lowest BCUT2D eigenvalue weighted by molar-refractivity contribution is -0.0601. The fourth-order valence-electron chi connectivity index (χ4n) is 1.46. The molecule has 1 aromatic rings. The third-order valence-electron chi connectivity index (χ3n) is 2.20. The van der Waals surface area contributed by atoms with Crippen molar-refractivity contribution in [1.29, 1.82) is 0 Å². The second-order valence-electron chi connectivity index (χ2n) is 3.98. The van der Waals surface area contributed by atoms with Crippen LogP contribution in [-0.4, -0.2) is 26.3 Å². The van der Waals surface area contributed by atoms with E-state index in [2.05, 4.69) is 6.92 Å². The Morgan fingerprint density at radius 3 is 2.41 bits per heavy atom. The van der Waals surface area contributed by atoms with E-state index in [-0.39, 0.29) is 0 Å². The van der Waals surface area contributed by atoms with Gasteiger partial charge in [-0.1, -0.05) is 43.7 Å². The van der Waals surface area contributed by atoms with Crippen LogP contribution in [0.1, 0.15) is 25.3 Å². The summed E-state index contributed by atoms with van der Waals surface area (Å²) in [6, 6.07) is 9.67. The van der Waals surface area contributed by atoms with E-state index in [9.17, 15) is 8.42 Å². The molecule has 1 rings (SSSR count). The van der Waals surface area contributed by atoms with Crippen LogP contribution >= 0.6 is 0 Å². The van der Waals surface area contributed by atoms with Crippen LogP contribution in [0.25, 0.3) is 0 Å². The minimum absolute atomic E-state index is 0.480. The van der Waals surface area contributed by atoms with Gasteiger partial charge in [-0.3, -0.25) is 0 Å². The maximum atomic E-state index is 11.1. The number of unbranched alkanes of at least 4 members (excludes halogenated alkanes) is 1. The van der Waals surface area contributed by atoms with Gasteiger partial charge in [0, 0.05) is 6.54 Å². The lowest BCUT2D eigenvalue weighted by Crippen LogP contribution is -2.27. The molecular weight excluding hydrogens is 238 g/mol. The average Bonchev–Trinajstić information content (AvgIpc) is 2.25. The van der Waals surface area contributed by atoms with Gasteiger partial charge in [0.15, 0.2) is 0 Å². The minimum atomic E-state index is -3.45. The molecule has 0 aliphatic rings. The largest absolute Gasteiger partial charge is 0.280 e. The van der Waals surface area contributed by atoms with E-state index in [0.717, 1.165) is 24.7 Å². The fourth-order valence-corrected chi connectivity index (χ4v) is 1.97. The Morgan fingerprint density at radius 1 is 1.24 bits per heavy atom. The second kappa shape index (κ2) is 6.74. The van der Waals surface area contributed by atoms with Crippen LogP contribution in [0.4, 0.5) is 0 Å². The first-order chi connectivity index (χ1) is 8.01. The Hall–Kier alpha value is -0.910. The average molecular weight is 257 g/mol. The normalized spacial score (nSPS) is 11.9. The highest BCUT2D eigenvalue weighted by atomic mass is 32.2. The molecule has 0 radical (unpaired) electrons. The van der Waals surface area contributed by atoms with E-state index < -0.39 is 10.1 Å². The molecule has 1 aromatic carbocycles. The van der Waals surface area contributed by atoms with E-state index in [1.54, 1.807) is 0 Å². The number of nitrogens with zero attached hydrogens (tertiary/aromatic N) is 1. The molecular formula is C12H19NO3S. The van der Waals surface area contributed by atoms with Crippen molar-refractivity contribution in [3.63, 3.8) is 0 Å². The smallest absolute Gasteiger partial charge is 0.198 e. The fraction of sp³-hybridized carbons (Fsp3) is 0.500. The number of hydroxylamine groups is 2. The van der Waals surface area contributed by atoms with E-state index in [4.69, 9.17) is 4.28 Å². The summed E-state index contributed by atoms with van der Waals surface area (Å²) >= 11 is 0. The maximum Gasteiger partial charge on any atom is 0.280 e. The molecule has 96 valence electrons. The molecule has 0 atom stereocenters. The molecule has 4 nitrogen and oxygen atoms in total. The quantitative estimate of drug-likeness (QED) is 0.702. The Balaban J connectivity index is 2.63. The molecule has 0 aromatic heterocycles. The summed E-state index contributed by atoms with van der Waals surface area (Å²) in [5.74, 6) is 0. The number of rotatable bonds is 7. The highest BCUT2D eigenvalue weighted by Gasteiger charge is 2.12. The van der Waals surface area contributed by atoms with Gasteiger partial charge in [-0.25, -0.2) is 0 Å². The summed E-state index contributed by atoms with van der Waals surface area (Å²) in [5.41, 5.74) is 1.03. The van der Waals surface area contributed by atoms with Crippen LogP contribution in [0.15, 0.2) is 30.3 Å². The Kier molecular flexibility index (Phi) is 5.61. The standard InChI is InChI=1S/C12H19NO3S/c1-3-4-10-13(16-17(2,14)15)11-12-8-6-5-7-9-12/h5-9H,3-4,10-11H2,1-2H3. The van der Waals surface area contributed by atoms with Crippen LogP contribution in [-0.2, 0) is 20.9 Å². The molecule has 0 unspecified atom stereocenters. The summed E-state index contributed by atoms with van der Waals surface area (Å²) in [6.45, 7) is 3.15. The highest BCUT2D eigenvalue weighted by molar-refractivity contribution is 7.85. The Labute approximate surface area is 103 Å². The second-order valence-corrected chi connectivity index (χ2v) is 5.54. The molecule has 0 fully saturated rings. The van der Waals surface area contributed by atoms with E-state index in [1.807, 2.05) is 30.3 Å². The van der Waals surface area contributed by atoms with Crippen LogP contribution in [0.3, 0.4) is 0 Å². The number of hydrogen-bond acceptors (Lipinski definition) is 4. The Bertz CT molecular complexity index is 417. The third-order valence-corrected chi connectivity index (χ3v) is 2.69. The SMILES string of the molecule is CCCCN(Cc1ccccc1)OS(C)(=O)=O. The summed E-state index contributed by atoms with van der Waals surface area (Å²) in [6.07, 6.45) is 2.97. The lowest BCUT2D eigenvalue weighted by Gasteiger charge is -2.19. The zero-order valence-electron chi connectivity index (χ0n) is 10.3. The summed E-state index contributed by atoms with van der Waals surface area (Å²) in [5, 5.41) is 1.49. The first-order valence-electron chi connectivity index (χ1n) is 5.69. The van der Waals surface area contributed by atoms with E-state index in [1.165, 1.54) is 5.06 Å². The topological polar surface area (TPSA) is 46.6 Å². The first-order valence-corrected chi connectivity index (χ1v) is 7.51. The minimum Gasteiger partial charge on any atom is -0.198 e. The van der Waals surface area contributed by atoms with Gasteiger partial charge in [-0.05, 0) is 12.0 Å². The Morgan fingerprint density at radius 2 is 1.88 bits per heavy atom. The number of hydrogen-bond donors (Lipinski definition) is 0. The molecule has 0 spiro atoms. The highest BCUT2D eigenvalue weighted by Crippen LogP contribution is 2.08. The number of benzene rings is 1. The van der Waals surface area contributed by atoms with E-state index in [0.29, 0.717) is 13.1 Å². The van der Waals surface area contributed by atoms with Crippen LogP contribution in [0, 0.1) is 0 Å². The molecule has 0 saturated carbocycles. The van der Waals surface area contributed by atoms with Gasteiger partial charge in [0.25, 0.3) is 10.1 Å². The summed E-state index contributed by atoms with van der Waals surface area (Å²) in [4.78, 5) is 0. The lowest BCUT2D eigenvalue weighted by atomic mass is 10.2. The molecule has 0 aliphatic heterocycles. The monoisotopic (exact) mass is 257 g/mol. The van der Waals surface area contributed by atoms with Crippen LogP contribution in [0.2, 0.25) is 0 Å². The van der Waals surface area contributed by atoms with Crippen molar-refractivity contribution in [2.24, 2.45) is 0 Å². The molecule has 0 saturated heterocycles. The summed E-state index contributed by atoms with van der Waals surface area (Å²) in [7, 11) is -3.45. The van der Waals surface area contributed by atoms with Gasteiger partial charge in [0.05, 0.1) is 12.8 Å². The molecule has 0 bridgehead atoms. The first kappa shape index (κ1) is 14.2. The van der Waals surface area contributed by atoms with Gasteiger partial charge in [0.1, 0.15) is 0 Å². The maximum absolute atomic E-state index is 11.1. The van der Waals surface area contributed by atoms with Crippen molar-refractivity contribution in [3.05, 3.63) is 35.9 Å². The zero-order valence-corrected chi connectivity index (χ0v) is 11.1. The van der Waals surface area contributed by atoms with Gasteiger partial charge in [0.2, 0.25) is 0 Å². The molecule has 0 amide bonds.